The number of carbonyl (C=O) groups is 4. The lowest BCUT2D eigenvalue weighted by atomic mass is 10.0. The van der Waals surface area contributed by atoms with Gasteiger partial charge in [0.15, 0.2) is 0 Å². The molecular formula is C49H55N9O8. The first-order valence-electron chi connectivity index (χ1n) is 22.5. The number of aromatic nitrogens is 5. The van der Waals surface area contributed by atoms with E-state index in [1.54, 1.807) is 40.4 Å². The van der Waals surface area contributed by atoms with E-state index in [1.807, 2.05) is 58.0 Å². The third kappa shape index (κ3) is 8.17. The predicted molar refractivity (Wildman–Crippen MR) is 245 cm³/mol. The molecule has 4 amide bonds. The lowest BCUT2D eigenvalue weighted by molar-refractivity contribution is -0.136. The average Bonchev–Trinajstić information content (AvgIpc) is 4.17. The summed E-state index contributed by atoms with van der Waals surface area (Å²) in [5, 5.41) is 17.0. The molecule has 0 bridgehead atoms. The highest BCUT2D eigenvalue weighted by molar-refractivity contribution is 5.93. The fourth-order valence-electron chi connectivity index (χ4n) is 9.62. The molecule has 66 heavy (non-hydrogen) atoms. The van der Waals surface area contributed by atoms with Crippen molar-refractivity contribution in [2.24, 2.45) is 11.8 Å². The second kappa shape index (κ2) is 17.9. The molecular weight excluding hydrogens is 843 g/mol. The minimum Gasteiger partial charge on any atom is -0.508 e. The van der Waals surface area contributed by atoms with Gasteiger partial charge in [0.1, 0.15) is 35.2 Å². The smallest absolute Gasteiger partial charge is 0.407 e. The number of H-pyrrole nitrogens is 2. The van der Waals surface area contributed by atoms with Crippen molar-refractivity contribution in [1.29, 1.82) is 0 Å². The van der Waals surface area contributed by atoms with Gasteiger partial charge in [-0.1, -0.05) is 52.0 Å². The summed E-state index contributed by atoms with van der Waals surface area (Å²) in [4.78, 5) is 71.9. The Hall–Kier alpha value is -7.30. The van der Waals surface area contributed by atoms with Crippen LogP contribution in [0.4, 0.5) is 9.59 Å². The molecule has 3 aromatic heterocycles. The summed E-state index contributed by atoms with van der Waals surface area (Å²) in [6.07, 6.45) is 4.73. The summed E-state index contributed by atoms with van der Waals surface area (Å²) >= 11 is 0. The number of nitrogens with zero attached hydrogens (tertiary/aromatic N) is 5. The van der Waals surface area contributed by atoms with Gasteiger partial charge in [-0.25, -0.2) is 19.6 Å². The van der Waals surface area contributed by atoms with Crippen LogP contribution in [0.25, 0.3) is 44.7 Å². The van der Waals surface area contributed by atoms with Crippen LogP contribution in [0.3, 0.4) is 0 Å². The summed E-state index contributed by atoms with van der Waals surface area (Å²) in [5.41, 5.74) is 6.82. The lowest BCUT2D eigenvalue weighted by Gasteiger charge is -2.30. The molecule has 0 aliphatic carbocycles. The summed E-state index contributed by atoms with van der Waals surface area (Å²) in [6, 6.07) is 19.4. The topological polar surface area (TPSA) is 209 Å². The maximum absolute atomic E-state index is 13.8. The molecule has 6 heterocycles. The number of nitrogens with one attached hydrogen (secondary N) is 4. The van der Waals surface area contributed by atoms with Gasteiger partial charge in [-0.3, -0.25) is 9.59 Å². The van der Waals surface area contributed by atoms with Gasteiger partial charge in [0.2, 0.25) is 18.0 Å². The molecule has 6 aromatic rings. The van der Waals surface area contributed by atoms with E-state index in [0.29, 0.717) is 30.5 Å². The van der Waals surface area contributed by atoms with Crippen LogP contribution < -0.4 is 15.4 Å². The van der Waals surface area contributed by atoms with Crippen LogP contribution in [-0.4, -0.2) is 103 Å². The SMILES string of the molecule is COC(=O)N[C@H](C(=O)N1CCC[C@H]1c1ncc(-c2ccc3c(c2)OC(c2cccc(O)c2)n2c-3cc3cc(-c4cnc([C@@H]5CCCN5C(=O)[C@@H](NC(=O)OC)C(C)C)[nH]4)ccc32)[nH]1)C(C)C. The standard InChI is InChI=1S/C49H55N9O8/c1-26(2)41(54-48(62)64-5)45(60)56-18-8-12-37(56)43-50-24-34(52-43)28-15-17-36-31(20-28)22-39-33-16-14-29(23-40(33)66-47(58(36)39)30-10-7-11-32(59)21-30)35-25-51-44(53-35)38-13-9-19-57(38)46(61)42(27(3)4)55-49(63)65-6/h7,10-11,14-17,20-27,37-38,41-42,47,59H,8-9,12-13,18-19H2,1-6H3,(H,50,52)(H,51,53)(H,54,62)(H,55,63)/t37-,38-,41-,42-,47?/m0/s1. The Kier molecular flexibility index (Phi) is 11.9. The Balaban J connectivity index is 1.01. The predicted octanol–water partition coefficient (Wildman–Crippen LogP) is 7.82. The largest absolute Gasteiger partial charge is 0.508 e. The molecule has 3 aliphatic rings. The number of amides is 4. The molecule has 0 saturated carbocycles. The van der Waals surface area contributed by atoms with Crippen LogP contribution >= 0.6 is 0 Å². The van der Waals surface area contributed by atoms with Crippen molar-refractivity contribution in [2.75, 3.05) is 27.3 Å². The van der Waals surface area contributed by atoms with E-state index >= 15 is 0 Å². The average molecular weight is 898 g/mol. The molecule has 3 aromatic carbocycles. The second-order valence-corrected chi connectivity index (χ2v) is 17.9. The van der Waals surface area contributed by atoms with Gasteiger partial charge in [0, 0.05) is 40.7 Å². The maximum Gasteiger partial charge on any atom is 0.407 e. The van der Waals surface area contributed by atoms with Crippen molar-refractivity contribution in [3.05, 3.63) is 96.3 Å². The van der Waals surface area contributed by atoms with Gasteiger partial charge in [0.25, 0.3) is 0 Å². The number of likely N-dealkylation sites (tertiary alicyclic amines) is 2. The van der Waals surface area contributed by atoms with E-state index in [0.717, 1.165) is 75.9 Å². The third-order valence-electron chi connectivity index (χ3n) is 13.0. The molecule has 17 heteroatoms. The Morgan fingerprint density at radius 2 is 1.30 bits per heavy atom. The maximum atomic E-state index is 13.8. The van der Waals surface area contributed by atoms with Gasteiger partial charge in [-0.2, -0.15) is 0 Å². The molecule has 3 aliphatic heterocycles. The zero-order valence-electron chi connectivity index (χ0n) is 37.8. The number of alkyl carbamates (subject to hydrolysis) is 2. The molecule has 344 valence electrons. The number of methoxy groups -OCH3 is 2. The first-order chi connectivity index (χ1) is 31.8. The fraction of sp³-hybridized carbons (Fsp3) is 0.388. The van der Waals surface area contributed by atoms with Gasteiger partial charge in [0.05, 0.1) is 61.3 Å². The lowest BCUT2D eigenvalue weighted by Crippen LogP contribution is -2.51. The van der Waals surface area contributed by atoms with E-state index in [2.05, 4.69) is 43.4 Å². The number of hydrogen-bond acceptors (Lipinski definition) is 10. The summed E-state index contributed by atoms with van der Waals surface area (Å²) < 4.78 is 18.6. The Morgan fingerprint density at radius 3 is 1.85 bits per heavy atom. The van der Waals surface area contributed by atoms with E-state index in [-0.39, 0.29) is 41.5 Å². The van der Waals surface area contributed by atoms with Gasteiger partial charge in [-0.05, 0) is 80.0 Å². The number of carbonyl (C=O) groups excluding carboxylic acids is 4. The molecule has 5 atom stereocenters. The van der Waals surface area contributed by atoms with Crippen LogP contribution in [0.15, 0.2) is 79.1 Å². The molecule has 9 rings (SSSR count). The van der Waals surface area contributed by atoms with Crippen molar-refractivity contribution >= 4 is 34.9 Å². The minimum absolute atomic E-state index is 0.123. The molecule has 0 spiro atoms. The van der Waals surface area contributed by atoms with Crippen LogP contribution in [0.5, 0.6) is 11.5 Å². The molecule has 17 nitrogen and oxygen atoms in total. The Morgan fingerprint density at radius 1 is 0.742 bits per heavy atom. The number of ether oxygens (including phenoxy) is 3. The number of aromatic amines is 2. The highest BCUT2D eigenvalue weighted by Gasteiger charge is 2.39. The van der Waals surface area contributed by atoms with E-state index in [9.17, 15) is 24.3 Å². The number of fused-ring (bicyclic) bond motifs is 5. The Bertz CT molecular complexity index is 2810. The summed E-state index contributed by atoms with van der Waals surface area (Å²) in [5.74, 6) is 1.48. The number of phenolic OH excluding ortho intramolecular Hbond substituents is 1. The monoisotopic (exact) mass is 897 g/mol. The fourth-order valence-corrected chi connectivity index (χ4v) is 9.62. The van der Waals surface area contributed by atoms with Crippen molar-refractivity contribution < 1.29 is 38.5 Å². The quantitative estimate of drug-likeness (QED) is 0.0852. The highest BCUT2D eigenvalue weighted by atomic mass is 16.5. The molecule has 2 saturated heterocycles. The number of aromatic hydroxyl groups is 1. The van der Waals surface area contributed by atoms with Gasteiger partial charge < -0.3 is 54.3 Å². The zero-order chi connectivity index (χ0) is 46.4. The van der Waals surface area contributed by atoms with Crippen LogP contribution in [-0.2, 0) is 19.1 Å². The molecule has 2 fully saturated rings. The molecule has 0 radical (unpaired) electrons. The number of phenols is 1. The highest BCUT2D eigenvalue weighted by Crippen LogP contribution is 2.46. The second-order valence-electron chi connectivity index (χ2n) is 17.9. The summed E-state index contributed by atoms with van der Waals surface area (Å²) in [7, 11) is 2.56. The first kappa shape index (κ1) is 43.9. The first-order valence-corrected chi connectivity index (χ1v) is 22.5. The third-order valence-corrected chi connectivity index (χ3v) is 13.0. The van der Waals surface area contributed by atoms with Crippen molar-refractivity contribution in [3.8, 4) is 45.3 Å². The normalized spacial score (nSPS) is 18.8. The summed E-state index contributed by atoms with van der Waals surface area (Å²) in [6.45, 7) is 8.67. The van der Waals surface area contributed by atoms with Crippen molar-refractivity contribution in [3.63, 3.8) is 0 Å². The van der Waals surface area contributed by atoms with Crippen molar-refractivity contribution in [1.82, 2.24) is 44.9 Å². The molecule has 5 N–H and O–H groups in total. The zero-order valence-corrected chi connectivity index (χ0v) is 37.8. The van der Waals surface area contributed by atoms with E-state index in [1.165, 1.54) is 14.2 Å². The minimum atomic E-state index is -0.736. The molecule has 1 unspecified atom stereocenters. The number of rotatable bonds is 11. The van der Waals surface area contributed by atoms with E-state index < -0.39 is 30.5 Å². The van der Waals surface area contributed by atoms with Gasteiger partial charge in [-0.15, -0.1) is 0 Å². The van der Waals surface area contributed by atoms with Crippen LogP contribution in [0.1, 0.15) is 88.9 Å². The van der Waals surface area contributed by atoms with Gasteiger partial charge >= 0.3 is 12.2 Å². The number of benzene rings is 3. The van der Waals surface area contributed by atoms with Crippen molar-refractivity contribution in [2.45, 2.75) is 83.8 Å². The van der Waals surface area contributed by atoms with Crippen LogP contribution in [0, 0.1) is 11.8 Å². The van der Waals surface area contributed by atoms with Crippen LogP contribution in [0.2, 0.25) is 0 Å². The van der Waals surface area contributed by atoms with E-state index in [4.69, 9.17) is 24.2 Å². The number of imidazole rings is 2. The Labute approximate surface area is 381 Å². The number of hydrogen-bond donors (Lipinski definition) is 5.